The van der Waals surface area contributed by atoms with Gasteiger partial charge in [-0.1, -0.05) is 27.7 Å². The summed E-state index contributed by atoms with van der Waals surface area (Å²) >= 11 is 0. The molecule has 296 valence electrons. The topological polar surface area (TPSA) is 96.1 Å². The molecule has 2 aliphatic heterocycles. The number of ether oxygens (including phenoxy) is 6. The molecule has 8 nitrogen and oxygen atoms in total. The Morgan fingerprint density at radius 2 is 0.712 bits per heavy atom. The molecule has 0 aromatic carbocycles. The summed E-state index contributed by atoms with van der Waals surface area (Å²) in [5.41, 5.74) is 0.617. The molecule has 2 heterocycles. The number of epoxide rings is 2. The van der Waals surface area contributed by atoms with Crippen LogP contribution >= 0.6 is 0 Å². The van der Waals surface area contributed by atoms with E-state index in [0.29, 0.717) is 47.1 Å². The lowest BCUT2D eigenvalue weighted by Gasteiger charge is -2.46. The number of esters is 2. The Bertz CT molecular complexity index is 1050. The fourth-order valence-electron chi connectivity index (χ4n) is 11.4. The minimum Gasteiger partial charge on any atom is -0.462 e. The van der Waals surface area contributed by atoms with Crippen molar-refractivity contribution in [2.24, 2.45) is 46.3 Å². The molecule has 5 aliphatic carbocycles. The largest absolute Gasteiger partial charge is 0.462 e. The fourth-order valence-corrected chi connectivity index (χ4v) is 11.4. The van der Waals surface area contributed by atoms with Crippen LogP contribution in [0, 0.1) is 46.3 Å². The van der Waals surface area contributed by atoms with Crippen LogP contribution in [-0.4, -0.2) is 75.0 Å². The molecule has 0 bridgehead atoms. The van der Waals surface area contributed by atoms with E-state index in [0.717, 1.165) is 115 Å². The Hall–Kier alpha value is -1.22. The van der Waals surface area contributed by atoms with Crippen molar-refractivity contribution in [2.45, 2.75) is 193 Å². The first-order valence-electron chi connectivity index (χ1n) is 21.9. The minimum absolute atomic E-state index is 0.0285. The van der Waals surface area contributed by atoms with Gasteiger partial charge in [0.2, 0.25) is 0 Å². The molecule has 0 aromatic heterocycles. The zero-order valence-corrected chi connectivity index (χ0v) is 33.2. The molecule has 2 atom stereocenters. The average molecular weight is 729 g/mol. The Morgan fingerprint density at radius 1 is 0.442 bits per heavy atom. The van der Waals surface area contributed by atoms with Gasteiger partial charge in [0.25, 0.3) is 0 Å². The number of hydrogen-bond acceptors (Lipinski definition) is 8. The molecule has 0 spiro atoms. The van der Waals surface area contributed by atoms with E-state index in [2.05, 4.69) is 27.7 Å². The van der Waals surface area contributed by atoms with Crippen LogP contribution in [0.15, 0.2) is 0 Å². The quantitative estimate of drug-likeness (QED) is 0.129. The zero-order valence-electron chi connectivity index (χ0n) is 33.2. The summed E-state index contributed by atoms with van der Waals surface area (Å²) < 4.78 is 35.1. The molecule has 7 fully saturated rings. The van der Waals surface area contributed by atoms with Crippen LogP contribution in [0.2, 0.25) is 0 Å². The third-order valence-corrected chi connectivity index (χ3v) is 15.7. The number of carbonyl (C=O) groups excluding carboxylic acids is 2. The Labute approximate surface area is 314 Å². The monoisotopic (exact) mass is 729 g/mol. The summed E-state index contributed by atoms with van der Waals surface area (Å²) in [6.07, 6.45) is 22.8. The predicted molar refractivity (Wildman–Crippen MR) is 200 cm³/mol. The van der Waals surface area contributed by atoms with E-state index in [-0.39, 0.29) is 36.0 Å². The molecule has 52 heavy (non-hydrogen) atoms. The van der Waals surface area contributed by atoms with E-state index >= 15 is 0 Å². The van der Waals surface area contributed by atoms with Crippen molar-refractivity contribution < 1.29 is 38.0 Å². The van der Waals surface area contributed by atoms with Gasteiger partial charge in [0.05, 0.1) is 50.5 Å². The second-order valence-electron chi connectivity index (χ2n) is 19.5. The van der Waals surface area contributed by atoms with E-state index in [1.54, 1.807) is 0 Å². The maximum absolute atomic E-state index is 13.2. The first-order valence-corrected chi connectivity index (χ1v) is 21.9. The highest BCUT2D eigenvalue weighted by Gasteiger charge is 2.44. The second kappa shape index (κ2) is 17.3. The summed E-state index contributed by atoms with van der Waals surface area (Å²) in [7, 11) is 0. The predicted octanol–water partition coefficient (Wildman–Crippen LogP) is 9.00. The van der Waals surface area contributed by atoms with E-state index in [9.17, 15) is 9.59 Å². The van der Waals surface area contributed by atoms with Crippen molar-refractivity contribution in [3.8, 4) is 0 Å². The number of carbonyl (C=O) groups is 2. The maximum Gasteiger partial charge on any atom is 0.309 e. The molecule has 0 unspecified atom stereocenters. The smallest absolute Gasteiger partial charge is 0.309 e. The van der Waals surface area contributed by atoms with Gasteiger partial charge in [-0.3, -0.25) is 9.59 Å². The van der Waals surface area contributed by atoms with Gasteiger partial charge in [-0.25, -0.2) is 0 Å². The van der Waals surface area contributed by atoms with Crippen molar-refractivity contribution in [1.29, 1.82) is 0 Å². The highest BCUT2D eigenvalue weighted by molar-refractivity contribution is 5.75. The molecule has 7 rings (SSSR count). The van der Waals surface area contributed by atoms with E-state index in [1.807, 2.05) is 0 Å². The lowest BCUT2D eigenvalue weighted by atomic mass is 9.60. The van der Waals surface area contributed by atoms with Gasteiger partial charge in [0.1, 0.15) is 24.4 Å². The SMILES string of the molecule is CC(C)(C1CCC(OC[C@H]2CO2)CC1)C1CCC(OC(=O)C2CCC(C(=O)OC3CCC(C(C)(C)C4CCC(OC[C@H]5CO5)CC4)CC3)CC2)CC1. The average Bonchev–Trinajstić information content (AvgIpc) is 4.11. The molecule has 5 saturated carbocycles. The van der Waals surface area contributed by atoms with Crippen LogP contribution in [0.5, 0.6) is 0 Å². The van der Waals surface area contributed by atoms with Crippen molar-refractivity contribution in [3.05, 3.63) is 0 Å². The molecular formula is C44H72O8. The highest BCUT2D eigenvalue weighted by Crippen LogP contribution is 2.50. The number of rotatable bonds is 14. The molecule has 2 saturated heterocycles. The molecule has 0 aromatic rings. The molecule has 0 amide bonds. The van der Waals surface area contributed by atoms with E-state index in [4.69, 9.17) is 28.4 Å². The van der Waals surface area contributed by atoms with Crippen LogP contribution in [0.25, 0.3) is 0 Å². The summed E-state index contributed by atoms with van der Waals surface area (Å²) in [6.45, 7) is 13.2. The van der Waals surface area contributed by atoms with E-state index < -0.39 is 0 Å². The molecule has 0 radical (unpaired) electrons. The zero-order chi connectivity index (χ0) is 36.3. The maximum atomic E-state index is 13.2. The molecular weight excluding hydrogens is 656 g/mol. The standard InChI is InChI=1S/C44H72O8/c1-43(2,31-9-17-35(18-10-31)47-25-39-27-49-39)33-13-21-37(22-14-33)51-41(45)29-5-7-30(8-6-29)42(46)52-38-23-15-34(16-24-38)44(3,4)32-11-19-36(20-12-32)48-26-40-28-50-40/h29-40H,5-28H2,1-4H3/t29?,30?,31?,32?,33?,34?,35?,36?,37?,38?,39-,40-/m0/s1. The van der Waals surface area contributed by atoms with Gasteiger partial charge in [-0.2, -0.15) is 0 Å². The van der Waals surface area contributed by atoms with Crippen LogP contribution in [0.1, 0.15) is 156 Å². The second-order valence-corrected chi connectivity index (χ2v) is 19.5. The van der Waals surface area contributed by atoms with Gasteiger partial charge in [0, 0.05) is 0 Å². The van der Waals surface area contributed by atoms with Gasteiger partial charge in [-0.15, -0.1) is 0 Å². The van der Waals surface area contributed by atoms with Crippen LogP contribution in [0.3, 0.4) is 0 Å². The summed E-state index contributed by atoms with van der Waals surface area (Å²) in [6, 6.07) is 0. The Balaban J connectivity index is 0.756. The first kappa shape index (κ1) is 39.0. The van der Waals surface area contributed by atoms with Crippen LogP contribution in [-0.2, 0) is 38.0 Å². The van der Waals surface area contributed by atoms with Crippen molar-refractivity contribution in [2.75, 3.05) is 26.4 Å². The van der Waals surface area contributed by atoms with Crippen molar-refractivity contribution in [1.82, 2.24) is 0 Å². The molecule has 8 heteroatoms. The highest BCUT2D eigenvalue weighted by atomic mass is 16.6. The van der Waals surface area contributed by atoms with Gasteiger partial charge >= 0.3 is 11.9 Å². The van der Waals surface area contributed by atoms with Gasteiger partial charge in [0.15, 0.2) is 0 Å². The summed E-state index contributed by atoms with van der Waals surface area (Å²) in [4.78, 5) is 26.5. The Morgan fingerprint density at radius 3 is 0.981 bits per heavy atom. The first-order chi connectivity index (χ1) is 25.0. The van der Waals surface area contributed by atoms with Crippen molar-refractivity contribution >= 4 is 11.9 Å². The van der Waals surface area contributed by atoms with Crippen molar-refractivity contribution in [3.63, 3.8) is 0 Å². The third-order valence-electron chi connectivity index (χ3n) is 15.7. The van der Waals surface area contributed by atoms with E-state index in [1.165, 1.54) is 51.4 Å². The fraction of sp³-hybridized carbons (Fsp3) is 0.955. The lowest BCUT2D eigenvalue weighted by Crippen LogP contribution is -2.40. The molecule has 7 aliphatic rings. The normalized spacial score (nSPS) is 40.1. The van der Waals surface area contributed by atoms with Crippen LogP contribution < -0.4 is 0 Å². The third kappa shape index (κ3) is 10.1. The molecule has 0 N–H and O–H groups in total. The van der Waals surface area contributed by atoms with Gasteiger partial charge in [-0.05, 0) is 163 Å². The lowest BCUT2D eigenvalue weighted by molar-refractivity contribution is -0.163. The van der Waals surface area contributed by atoms with Crippen LogP contribution in [0.4, 0.5) is 0 Å². The summed E-state index contributed by atoms with van der Waals surface area (Å²) in [5, 5.41) is 0. The Kier molecular flexibility index (Phi) is 13.0. The summed E-state index contributed by atoms with van der Waals surface area (Å²) in [5.74, 6) is 2.65. The number of hydrogen-bond donors (Lipinski definition) is 0. The minimum atomic E-state index is -0.0754. The van der Waals surface area contributed by atoms with Gasteiger partial charge < -0.3 is 28.4 Å².